The van der Waals surface area contributed by atoms with Crippen LogP contribution in [0.2, 0.25) is 46.3 Å². The van der Waals surface area contributed by atoms with Gasteiger partial charge in [0.05, 0.1) is 8.07 Å². The molecule has 0 aromatic rings. The lowest BCUT2D eigenvalue weighted by molar-refractivity contribution is 0.113. The molecule has 0 bridgehead atoms. The van der Waals surface area contributed by atoms with E-state index in [1.165, 1.54) is 0 Å². The standard InChI is InChI=1S/C24H60O12Si5/c1-21(38(25-5,26-6)27-7)17-37(18-22(2)39(28-8,29-9)30-10,19-23(3)40(31-11,32-12)33-13)20-24(4)41(34-14,35-15)36-16/h21-24H,17-20H2,1-16H3. The lowest BCUT2D eigenvalue weighted by atomic mass is 10.5. The Morgan fingerprint density at radius 1 is 0.293 bits per heavy atom. The van der Waals surface area contributed by atoms with Crippen molar-refractivity contribution < 1.29 is 53.1 Å². The summed E-state index contributed by atoms with van der Waals surface area (Å²) in [5, 5.41) is 0. The summed E-state index contributed by atoms with van der Waals surface area (Å²) in [5.41, 5.74) is -0.0671. The molecule has 0 heterocycles. The van der Waals surface area contributed by atoms with Crippen molar-refractivity contribution in [2.45, 2.75) is 74.0 Å². The van der Waals surface area contributed by atoms with Gasteiger partial charge in [-0.1, -0.05) is 51.9 Å². The van der Waals surface area contributed by atoms with Crippen molar-refractivity contribution in [2.75, 3.05) is 85.3 Å². The highest BCUT2D eigenvalue weighted by atomic mass is 28.4. The van der Waals surface area contributed by atoms with Crippen LogP contribution in [0.5, 0.6) is 0 Å². The van der Waals surface area contributed by atoms with E-state index in [1.807, 2.05) is 0 Å². The predicted molar refractivity (Wildman–Crippen MR) is 170 cm³/mol. The van der Waals surface area contributed by atoms with E-state index >= 15 is 0 Å². The maximum atomic E-state index is 5.97. The molecule has 0 aromatic carbocycles. The first kappa shape index (κ1) is 41.6. The lowest BCUT2D eigenvalue weighted by Gasteiger charge is -2.46. The SMILES string of the molecule is CO[Si](OC)(OC)C(C)C[Si](CC(C)[Si](OC)(OC)OC)(CC(C)[Si](OC)(OC)OC)CC(C)[Si](OC)(OC)OC. The van der Waals surface area contributed by atoms with E-state index in [-0.39, 0.29) is 22.2 Å². The maximum absolute atomic E-state index is 5.97. The highest BCUT2D eigenvalue weighted by Gasteiger charge is 2.58. The second kappa shape index (κ2) is 18.5. The summed E-state index contributed by atoms with van der Waals surface area (Å²) in [5.74, 6) is 0. The first-order valence-electron chi connectivity index (χ1n) is 13.9. The van der Waals surface area contributed by atoms with Crippen molar-refractivity contribution in [3.05, 3.63) is 0 Å². The van der Waals surface area contributed by atoms with Gasteiger partial charge in [-0.2, -0.15) is 0 Å². The third kappa shape index (κ3) is 9.31. The van der Waals surface area contributed by atoms with Crippen LogP contribution < -0.4 is 0 Å². The minimum absolute atomic E-state index is 0.0168. The van der Waals surface area contributed by atoms with Gasteiger partial charge >= 0.3 is 35.2 Å². The van der Waals surface area contributed by atoms with E-state index in [4.69, 9.17) is 53.1 Å². The Kier molecular flexibility index (Phi) is 18.8. The Balaban J connectivity index is 7.35. The third-order valence-corrected chi connectivity index (χ3v) is 28.8. The Morgan fingerprint density at radius 3 is 0.512 bits per heavy atom. The van der Waals surface area contributed by atoms with Gasteiger partial charge in [0.1, 0.15) is 0 Å². The molecule has 0 aliphatic rings. The van der Waals surface area contributed by atoms with Crippen LogP contribution >= 0.6 is 0 Å². The summed E-state index contributed by atoms with van der Waals surface area (Å²) in [7, 11) is 5.33. The molecule has 4 atom stereocenters. The van der Waals surface area contributed by atoms with E-state index in [0.29, 0.717) is 0 Å². The van der Waals surface area contributed by atoms with E-state index in [9.17, 15) is 0 Å². The topological polar surface area (TPSA) is 111 Å². The zero-order valence-electron chi connectivity index (χ0n) is 28.5. The van der Waals surface area contributed by atoms with Crippen LogP contribution in [0.4, 0.5) is 0 Å². The van der Waals surface area contributed by atoms with Gasteiger partial charge in [-0.15, -0.1) is 0 Å². The average molecular weight is 681 g/mol. The molecule has 0 amide bonds. The monoisotopic (exact) mass is 680 g/mol. The van der Waals surface area contributed by atoms with Gasteiger partial charge in [-0.25, -0.2) is 0 Å². The van der Waals surface area contributed by atoms with Crippen LogP contribution in [0.1, 0.15) is 27.7 Å². The summed E-state index contributed by atoms with van der Waals surface area (Å²) in [4.78, 5) is 0. The largest absolute Gasteiger partial charge is 0.502 e. The third-order valence-electron chi connectivity index (χ3n) is 8.79. The summed E-state index contributed by atoms with van der Waals surface area (Å²) in [6.07, 6.45) is 0. The number of rotatable bonds is 24. The van der Waals surface area contributed by atoms with E-state index < -0.39 is 43.3 Å². The second-order valence-corrected chi connectivity index (χ2v) is 29.1. The minimum atomic E-state index is -3.01. The Bertz CT molecular complexity index is 558. The highest BCUT2D eigenvalue weighted by molar-refractivity contribution is 6.85. The Hall–Kier alpha value is 0.604. The molecule has 0 saturated heterocycles. The molecule has 12 nitrogen and oxygen atoms in total. The van der Waals surface area contributed by atoms with Crippen molar-refractivity contribution in [1.82, 2.24) is 0 Å². The van der Waals surface area contributed by atoms with Crippen LogP contribution in [0, 0.1) is 0 Å². The van der Waals surface area contributed by atoms with Crippen molar-refractivity contribution in [2.24, 2.45) is 0 Å². The molecular weight excluding hydrogens is 621 g/mol. The molecule has 0 saturated carbocycles. The van der Waals surface area contributed by atoms with E-state index in [0.717, 1.165) is 24.2 Å². The number of hydrogen-bond acceptors (Lipinski definition) is 12. The van der Waals surface area contributed by atoms with Crippen molar-refractivity contribution >= 4 is 43.3 Å². The van der Waals surface area contributed by atoms with Crippen LogP contribution in [-0.2, 0) is 53.1 Å². The number of hydrogen-bond donors (Lipinski definition) is 0. The summed E-state index contributed by atoms with van der Waals surface area (Å²) in [6.45, 7) is 8.61. The van der Waals surface area contributed by atoms with Crippen LogP contribution in [0.15, 0.2) is 0 Å². The normalized spacial score (nSPS) is 18.1. The first-order valence-corrected chi connectivity index (χ1v) is 23.9. The molecule has 4 unspecified atom stereocenters. The molecule has 0 radical (unpaired) electrons. The zero-order valence-corrected chi connectivity index (χ0v) is 33.5. The molecule has 0 fully saturated rings. The fraction of sp³-hybridized carbons (Fsp3) is 1.00. The summed E-state index contributed by atoms with van der Waals surface area (Å²) < 4.78 is 71.7. The van der Waals surface area contributed by atoms with Crippen LogP contribution in [-0.4, -0.2) is 129 Å². The highest BCUT2D eigenvalue weighted by Crippen LogP contribution is 2.50. The van der Waals surface area contributed by atoms with Gasteiger partial charge in [0.25, 0.3) is 0 Å². The van der Waals surface area contributed by atoms with Crippen molar-refractivity contribution in [3.8, 4) is 0 Å². The predicted octanol–water partition coefficient (Wildman–Crippen LogP) is 4.51. The molecule has 41 heavy (non-hydrogen) atoms. The van der Waals surface area contributed by atoms with Crippen LogP contribution in [0.3, 0.4) is 0 Å². The molecule has 248 valence electrons. The molecular formula is C24H60O12Si5. The van der Waals surface area contributed by atoms with Gasteiger partial charge in [0.15, 0.2) is 0 Å². The Labute approximate surface area is 255 Å². The fourth-order valence-electron chi connectivity index (χ4n) is 7.01. The van der Waals surface area contributed by atoms with Gasteiger partial charge in [-0.05, 0) is 0 Å². The molecule has 0 rings (SSSR count). The van der Waals surface area contributed by atoms with Crippen molar-refractivity contribution in [3.63, 3.8) is 0 Å². The van der Waals surface area contributed by atoms with E-state index in [1.54, 1.807) is 85.3 Å². The zero-order chi connectivity index (χ0) is 32.1. The molecule has 0 N–H and O–H groups in total. The van der Waals surface area contributed by atoms with E-state index in [2.05, 4.69) is 27.7 Å². The lowest BCUT2D eigenvalue weighted by Crippen LogP contribution is -2.56. The van der Waals surface area contributed by atoms with Gasteiger partial charge in [0.2, 0.25) is 0 Å². The maximum Gasteiger partial charge on any atom is 0.502 e. The molecule has 0 aliphatic carbocycles. The summed E-state index contributed by atoms with van der Waals surface area (Å²) >= 11 is 0. The van der Waals surface area contributed by atoms with Gasteiger partial charge in [-0.3, -0.25) is 0 Å². The minimum Gasteiger partial charge on any atom is -0.377 e. The molecule has 17 heteroatoms. The Morgan fingerprint density at radius 2 is 0.415 bits per heavy atom. The second-order valence-electron chi connectivity index (χ2n) is 10.8. The van der Waals surface area contributed by atoms with Crippen molar-refractivity contribution in [1.29, 1.82) is 0 Å². The fourth-order valence-corrected chi connectivity index (χ4v) is 29.2. The van der Waals surface area contributed by atoms with Gasteiger partial charge < -0.3 is 53.1 Å². The molecule has 0 spiro atoms. The average Bonchev–Trinajstić information content (AvgIpc) is 2.98. The van der Waals surface area contributed by atoms with Gasteiger partial charge in [0, 0.05) is 107 Å². The molecule has 0 aromatic heterocycles. The van der Waals surface area contributed by atoms with Crippen LogP contribution in [0.25, 0.3) is 0 Å². The quantitative estimate of drug-likeness (QED) is 0.134. The first-order chi connectivity index (χ1) is 19.2. The summed E-state index contributed by atoms with van der Waals surface area (Å²) in [6, 6.07) is 3.27. The molecule has 0 aliphatic heterocycles. The smallest absolute Gasteiger partial charge is 0.377 e.